The first-order valence-corrected chi connectivity index (χ1v) is 8.92. The number of ether oxygens (including phenoxy) is 2. The molecule has 0 radical (unpaired) electrons. The number of rotatable bonds is 8. The monoisotopic (exact) mass is 361 g/mol. The molecule has 2 rings (SSSR count). The summed E-state index contributed by atoms with van der Waals surface area (Å²) in [5.74, 6) is 1.37. The molecule has 0 aliphatic heterocycles. The molecule has 134 valence electrons. The molecule has 0 aliphatic carbocycles. The zero-order valence-electron chi connectivity index (χ0n) is 15.0. The van der Waals surface area contributed by atoms with Crippen molar-refractivity contribution in [2.45, 2.75) is 38.6 Å². The number of nitrogens with zero attached hydrogens (tertiary/aromatic N) is 3. The molecule has 0 saturated heterocycles. The third-order valence-corrected chi connectivity index (χ3v) is 4.54. The topological polar surface area (TPSA) is 66.2 Å². The largest absolute Gasteiger partial charge is 0.482 e. The van der Waals surface area contributed by atoms with Crippen LogP contribution in [0, 0.1) is 13.8 Å². The van der Waals surface area contributed by atoms with E-state index >= 15 is 0 Å². The van der Waals surface area contributed by atoms with Gasteiger partial charge in [0.1, 0.15) is 5.75 Å². The lowest BCUT2D eigenvalue weighted by Gasteiger charge is -2.17. The van der Waals surface area contributed by atoms with Crippen LogP contribution in [0.2, 0.25) is 0 Å². The van der Waals surface area contributed by atoms with E-state index in [1.54, 1.807) is 6.08 Å². The van der Waals surface area contributed by atoms with Crippen LogP contribution in [-0.4, -0.2) is 33.6 Å². The molecule has 1 aromatic heterocycles. The van der Waals surface area contributed by atoms with Crippen molar-refractivity contribution in [3.8, 4) is 5.75 Å². The van der Waals surface area contributed by atoms with Gasteiger partial charge in [0.05, 0.1) is 12.9 Å². The van der Waals surface area contributed by atoms with Crippen molar-refractivity contribution in [3.63, 3.8) is 0 Å². The molecule has 6 nitrogen and oxygen atoms in total. The fourth-order valence-corrected chi connectivity index (χ4v) is 3.15. The lowest BCUT2D eigenvalue weighted by atomic mass is 10.1. The minimum atomic E-state index is -0.306. The highest BCUT2D eigenvalue weighted by Crippen LogP contribution is 2.27. The molecule has 0 N–H and O–H groups in total. The van der Waals surface area contributed by atoms with Crippen molar-refractivity contribution in [3.05, 3.63) is 47.8 Å². The summed E-state index contributed by atoms with van der Waals surface area (Å²) in [5, 5.41) is 9.07. The maximum atomic E-state index is 11.4. The van der Waals surface area contributed by atoms with E-state index in [4.69, 9.17) is 4.74 Å². The van der Waals surface area contributed by atoms with Gasteiger partial charge in [0.15, 0.2) is 17.1 Å². The van der Waals surface area contributed by atoms with Gasteiger partial charge in [-0.3, -0.25) is 9.36 Å². The Kier molecular flexibility index (Phi) is 6.64. The van der Waals surface area contributed by atoms with E-state index in [-0.39, 0.29) is 17.8 Å². The summed E-state index contributed by atoms with van der Waals surface area (Å²) in [4.78, 5) is 11.4. The fraction of sp³-hybridized carbons (Fsp3) is 0.389. The number of aromatic nitrogens is 3. The molecule has 0 spiro atoms. The van der Waals surface area contributed by atoms with Gasteiger partial charge < -0.3 is 9.47 Å². The molecule has 2 aromatic rings. The lowest BCUT2D eigenvalue weighted by molar-refractivity contribution is -0.137. The molecule has 7 heteroatoms. The minimum absolute atomic E-state index is 0.179. The van der Waals surface area contributed by atoms with Crippen LogP contribution >= 0.6 is 11.8 Å². The third kappa shape index (κ3) is 4.85. The Morgan fingerprint density at radius 3 is 2.80 bits per heavy atom. The summed E-state index contributed by atoms with van der Waals surface area (Å²) in [6.07, 6.45) is 1.47. The summed E-state index contributed by atoms with van der Waals surface area (Å²) in [5.41, 5.74) is 2.26. The predicted molar refractivity (Wildman–Crippen MR) is 97.9 cm³/mol. The summed E-state index contributed by atoms with van der Waals surface area (Å²) in [7, 11) is 1.36. The molecule has 1 aromatic carbocycles. The second kappa shape index (κ2) is 8.71. The van der Waals surface area contributed by atoms with Gasteiger partial charge in [0.25, 0.3) is 0 Å². The Bertz CT molecular complexity index is 758. The highest BCUT2D eigenvalue weighted by molar-refractivity contribution is 7.99. The second-order valence-corrected chi connectivity index (χ2v) is 6.58. The Morgan fingerprint density at radius 2 is 2.16 bits per heavy atom. The lowest BCUT2D eigenvalue weighted by Crippen LogP contribution is -2.13. The fourth-order valence-electron chi connectivity index (χ4n) is 2.37. The molecular weight excluding hydrogens is 338 g/mol. The molecule has 0 bridgehead atoms. The predicted octanol–water partition coefficient (Wildman–Crippen LogP) is 3.49. The SMILES string of the molecule is C=CCn1c(SCC(=O)OC)nnc1[C@@H](C)Oc1ccc(C)cc1C. The van der Waals surface area contributed by atoms with Crippen LogP contribution in [-0.2, 0) is 16.1 Å². The number of hydrogen-bond acceptors (Lipinski definition) is 6. The molecule has 0 amide bonds. The van der Waals surface area contributed by atoms with Gasteiger partial charge in [-0.25, -0.2) is 0 Å². The van der Waals surface area contributed by atoms with Crippen LogP contribution in [0.5, 0.6) is 5.75 Å². The highest BCUT2D eigenvalue weighted by atomic mass is 32.2. The maximum absolute atomic E-state index is 11.4. The Balaban J connectivity index is 2.20. The van der Waals surface area contributed by atoms with Gasteiger partial charge in [-0.2, -0.15) is 0 Å². The Labute approximate surface area is 152 Å². The van der Waals surface area contributed by atoms with Gasteiger partial charge in [-0.15, -0.1) is 16.8 Å². The number of carbonyl (C=O) groups excluding carboxylic acids is 1. The van der Waals surface area contributed by atoms with Crippen LogP contribution in [0.15, 0.2) is 36.0 Å². The number of thioether (sulfide) groups is 1. The number of benzene rings is 1. The second-order valence-electron chi connectivity index (χ2n) is 5.63. The van der Waals surface area contributed by atoms with Crippen molar-refractivity contribution in [2.24, 2.45) is 0 Å². The van der Waals surface area contributed by atoms with Crippen molar-refractivity contribution in [1.82, 2.24) is 14.8 Å². The van der Waals surface area contributed by atoms with E-state index in [2.05, 4.69) is 27.6 Å². The van der Waals surface area contributed by atoms with Crippen LogP contribution in [0.3, 0.4) is 0 Å². The highest BCUT2D eigenvalue weighted by Gasteiger charge is 2.20. The standard InChI is InChI=1S/C18H23N3O3S/c1-6-9-21-17(19-20-18(21)25-11-16(22)23-5)14(4)24-15-8-7-12(2)10-13(15)3/h6-8,10,14H,1,9,11H2,2-5H3/t14-/m1/s1. The van der Waals surface area contributed by atoms with E-state index in [0.29, 0.717) is 17.5 Å². The molecule has 0 saturated carbocycles. The molecule has 25 heavy (non-hydrogen) atoms. The summed E-state index contributed by atoms with van der Waals surface area (Å²) >= 11 is 1.28. The van der Waals surface area contributed by atoms with Crippen LogP contribution in [0.25, 0.3) is 0 Å². The number of carbonyl (C=O) groups is 1. The van der Waals surface area contributed by atoms with Gasteiger partial charge in [0.2, 0.25) is 0 Å². The summed E-state index contributed by atoms with van der Waals surface area (Å²) in [6, 6.07) is 6.05. The smallest absolute Gasteiger partial charge is 0.316 e. The normalized spacial score (nSPS) is 11.8. The van der Waals surface area contributed by atoms with Crippen molar-refractivity contribution >= 4 is 17.7 Å². The van der Waals surface area contributed by atoms with Crippen LogP contribution in [0.4, 0.5) is 0 Å². The van der Waals surface area contributed by atoms with E-state index in [1.807, 2.05) is 37.5 Å². The van der Waals surface area contributed by atoms with Gasteiger partial charge in [-0.1, -0.05) is 35.5 Å². The third-order valence-electron chi connectivity index (χ3n) is 3.60. The zero-order valence-corrected chi connectivity index (χ0v) is 15.8. The molecule has 0 aliphatic rings. The van der Waals surface area contributed by atoms with Gasteiger partial charge in [0, 0.05) is 6.54 Å². The van der Waals surface area contributed by atoms with Crippen molar-refractivity contribution in [2.75, 3.05) is 12.9 Å². The summed E-state index contributed by atoms with van der Waals surface area (Å²) in [6.45, 7) is 10.3. The minimum Gasteiger partial charge on any atom is -0.482 e. The number of esters is 1. The quantitative estimate of drug-likeness (QED) is 0.407. The van der Waals surface area contributed by atoms with Gasteiger partial charge in [-0.05, 0) is 32.4 Å². The van der Waals surface area contributed by atoms with E-state index in [1.165, 1.54) is 24.4 Å². The number of methoxy groups -OCH3 is 1. The average Bonchev–Trinajstić information content (AvgIpc) is 2.98. The molecule has 0 fully saturated rings. The molecule has 1 heterocycles. The average molecular weight is 361 g/mol. The van der Waals surface area contributed by atoms with Gasteiger partial charge >= 0.3 is 5.97 Å². The van der Waals surface area contributed by atoms with E-state index in [9.17, 15) is 4.79 Å². The first-order valence-electron chi connectivity index (χ1n) is 7.93. The first kappa shape index (κ1) is 19.1. The first-order chi connectivity index (χ1) is 12.0. The number of allylic oxidation sites excluding steroid dienone is 1. The zero-order chi connectivity index (χ0) is 18.4. The van der Waals surface area contributed by atoms with Crippen molar-refractivity contribution < 1.29 is 14.3 Å². The van der Waals surface area contributed by atoms with E-state index < -0.39 is 0 Å². The van der Waals surface area contributed by atoms with Crippen molar-refractivity contribution in [1.29, 1.82) is 0 Å². The number of aryl methyl sites for hydroxylation is 2. The maximum Gasteiger partial charge on any atom is 0.316 e. The molecule has 0 unspecified atom stereocenters. The summed E-state index contributed by atoms with van der Waals surface area (Å²) < 4.78 is 12.6. The van der Waals surface area contributed by atoms with Crippen LogP contribution < -0.4 is 4.74 Å². The van der Waals surface area contributed by atoms with E-state index in [0.717, 1.165) is 11.3 Å². The Hall–Kier alpha value is -2.28. The number of hydrogen-bond donors (Lipinski definition) is 0. The molecular formula is C18H23N3O3S. The molecule has 1 atom stereocenters. The van der Waals surface area contributed by atoms with Crippen LogP contribution in [0.1, 0.15) is 30.0 Å². The Morgan fingerprint density at radius 1 is 1.40 bits per heavy atom.